The number of nitrogens with zero attached hydrogens (tertiary/aromatic N) is 2. The van der Waals surface area contributed by atoms with Gasteiger partial charge < -0.3 is 10.1 Å². The highest BCUT2D eigenvalue weighted by Gasteiger charge is 2.20. The number of pyridine rings is 1. The van der Waals surface area contributed by atoms with Gasteiger partial charge in [0.2, 0.25) is 0 Å². The van der Waals surface area contributed by atoms with Crippen LogP contribution in [0.5, 0.6) is 5.75 Å². The molecule has 0 saturated carbocycles. The fourth-order valence-electron chi connectivity index (χ4n) is 1.94. The van der Waals surface area contributed by atoms with Crippen molar-refractivity contribution in [1.29, 1.82) is 5.26 Å². The first-order chi connectivity index (χ1) is 9.58. The van der Waals surface area contributed by atoms with Crippen LogP contribution in [0.4, 0.5) is 0 Å². The summed E-state index contributed by atoms with van der Waals surface area (Å²) in [6.45, 7) is 4.30. The zero-order chi connectivity index (χ0) is 14.6. The van der Waals surface area contributed by atoms with Gasteiger partial charge >= 0.3 is 0 Å². The highest BCUT2D eigenvalue weighted by atomic mass is 16.5. The highest BCUT2D eigenvalue weighted by Crippen LogP contribution is 2.24. The van der Waals surface area contributed by atoms with E-state index in [9.17, 15) is 0 Å². The van der Waals surface area contributed by atoms with E-state index in [4.69, 9.17) is 10.00 Å². The summed E-state index contributed by atoms with van der Waals surface area (Å²) in [5.74, 6) is 0.766. The predicted octanol–water partition coefficient (Wildman–Crippen LogP) is 2.81. The van der Waals surface area contributed by atoms with Gasteiger partial charge in [0.15, 0.2) is 0 Å². The largest absolute Gasteiger partial charge is 0.491 e. The van der Waals surface area contributed by atoms with Gasteiger partial charge in [-0.1, -0.05) is 18.2 Å². The summed E-state index contributed by atoms with van der Waals surface area (Å²) in [6, 6.07) is 12.2. The normalized spacial score (nSPS) is 13.7. The standard InChI is InChI=1S/C16H19N3O/c1-12-7-8-13-5-4-6-14(15(13)19-12)20-10-9-16(2,11-17)18-3/h4-8,18H,9-10H2,1-3H3. The summed E-state index contributed by atoms with van der Waals surface area (Å²) >= 11 is 0. The summed E-state index contributed by atoms with van der Waals surface area (Å²) in [5.41, 5.74) is 1.27. The molecule has 0 aliphatic heterocycles. The van der Waals surface area contributed by atoms with E-state index in [1.807, 2.05) is 44.2 Å². The van der Waals surface area contributed by atoms with Crippen LogP contribution >= 0.6 is 0 Å². The first-order valence-corrected chi connectivity index (χ1v) is 6.67. The van der Waals surface area contributed by atoms with E-state index in [0.29, 0.717) is 13.0 Å². The second-order valence-corrected chi connectivity index (χ2v) is 5.07. The highest BCUT2D eigenvalue weighted by molar-refractivity contribution is 5.84. The number of nitriles is 1. The number of benzene rings is 1. The van der Waals surface area contributed by atoms with Crippen molar-refractivity contribution < 1.29 is 4.74 Å². The molecule has 1 N–H and O–H groups in total. The second kappa shape index (κ2) is 5.89. The van der Waals surface area contributed by atoms with Crippen molar-refractivity contribution in [2.24, 2.45) is 0 Å². The maximum atomic E-state index is 9.11. The molecule has 0 radical (unpaired) electrons. The monoisotopic (exact) mass is 269 g/mol. The van der Waals surface area contributed by atoms with Crippen LogP contribution in [0.15, 0.2) is 30.3 Å². The quantitative estimate of drug-likeness (QED) is 0.906. The average molecular weight is 269 g/mol. The van der Waals surface area contributed by atoms with E-state index >= 15 is 0 Å². The van der Waals surface area contributed by atoms with Crippen LogP contribution in [0.1, 0.15) is 19.0 Å². The van der Waals surface area contributed by atoms with E-state index < -0.39 is 5.54 Å². The first-order valence-electron chi connectivity index (χ1n) is 6.67. The van der Waals surface area contributed by atoms with Crippen molar-refractivity contribution >= 4 is 10.9 Å². The molecule has 0 amide bonds. The molecule has 20 heavy (non-hydrogen) atoms. The van der Waals surface area contributed by atoms with Gasteiger partial charge in [-0.2, -0.15) is 5.26 Å². The Bertz CT molecular complexity index is 648. The lowest BCUT2D eigenvalue weighted by molar-refractivity contribution is 0.275. The molecule has 4 heteroatoms. The van der Waals surface area contributed by atoms with Gasteiger partial charge in [-0.15, -0.1) is 0 Å². The van der Waals surface area contributed by atoms with Gasteiger partial charge in [-0.05, 0) is 33.0 Å². The topological polar surface area (TPSA) is 57.9 Å². The van der Waals surface area contributed by atoms with Gasteiger partial charge in [0.1, 0.15) is 16.8 Å². The second-order valence-electron chi connectivity index (χ2n) is 5.07. The number of hydrogen-bond donors (Lipinski definition) is 1. The van der Waals surface area contributed by atoms with Crippen LogP contribution in [0.3, 0.4) is 0 Å². The summed E-state index contributed by atoms with van der Waals surface area (Å²) in [7, 11) is 1.78. The van der Waals surface area contributed by atoms with E-state index in [-0.39, 0.29) is 0 Å². The molecule has 1 aromatic heterocycles. The van der Waals surface area contributed by atoms with E-state index in [0.717, 1.165) is 22.3 Å². The average Bonchev–Trinajstić information content (AvgIpc) is 2.47. The van der Waals surface area contributed by atoms with Crippen LogP contribution < -0.4 is 10.1 Å². The third-order valence-electron chi connectivity index (χ3n) is 3.48. The zero-order valence-electron chi connectivity index (χ0n) is 12.1. The van der Waals surface area contributed by atoms with Crippen molar-refractivity contribution in [2.75, 3.05) is 13.7 Å². The zero-order valence-corrected chi connectivity index (χ0v) is 12.1. The Balaban J connectivity index is 2.15. The van der Waals surface area contributed by atoms with Gasteiger partial charge in [0.25, 0.3) is 0 Å². The minimum atomic E-state index is -0.562. The van der Waals surface area contributed by atoms with Crippen LogP contribution in [0, 0.1) is 18.3 Å². The summed E-state index contributed by atoms with van der Waals surface area (Å²) < 4.78 is 5.82. The van der Waals surface area contributed by atoms with Crippen molar-refractivity contribution in [3.05, 3.63) is 36.0 Å². The molecule has 0 spiro atoms. The smallest absolute Gasteiger partial charge is 0.145 e. The molecule has 104 valence electrons. The number of aryl methyl sites for hydroxylation is 1. The molecule has 4 nitrogen and oxygen atoms in total. The van der Waals surface area contributed by atoms with Gasteiger partial charge in [0.05, 0.1) is 12.7 Å². The number of hydrogen-bond acceptors (Lipinski definition) is 4. The van der Waals surface area contributed by atoms with E-state index in [1.54, 1.807) is 7.05 Å². The maximum absolute atomic E-state index is 9.11. The molecule has 0 bridgehead atoms. The molecule has 2 aromatic rings. The van der Waals surface area contributed by atoms with Gasteiger partial charge in [-0.3, -0.25) is 0 Å². The summed E-state index contributed by atoms with van der Waals surface area (Å²) in [5, 5.41) is 13.2. The lowest BCUT2D eigenvalue weighted by Gasteiger charge is -2.20. The Labute approximate surface area is 119 Å². The van der Waals surface area contributed by atoms with Crippen molar-refractivity contribution in [3.63, 3.8) is 0 Å². The van der Waals surface area contributed by atoms with Crippen LogP contribution in [0.25, 0.3) is 10.9 Å². The Kier molecular flexibility index (Phi) is 4.21. The molecule has 1 atom stereocenters. The number of para-hydroxylation sites is 1. The van der Waals surface area contributed by atoms with Crippen molar-refractivity contribution in [3.8, 4) is 11.8 Å². The molecule has 0 saturated heterocycles. The number of fused-ring (bicyclic) bond motifs is 1. The Hall–Kier alpha value is -2.12. The third-order valence-corrected chi connectivity index (χ3v) is 3.48. The Morgan fingerprint density at radius 3 is 2.85 bits per heavy atom. The third kappa shape index (κ3) is 3.06. The molecule has 1 heterocycles. The molecule has 0 aliphatic rings. The molecule has 1 aromatic carbocycles. The number of aromatic nitrogens is 1. The lowest BCUT2D eigenvalue weighted by atomic mass is 10.0. The van der Waals surface area contributed by atoms with E-state index in [2.05, 4.69) is 16.4 Å². The SMILES string of the molecule is CNC(C)(C#N)CCOc1cccc2ccc(C)nc12. The summed E-state index contributed by atoms with van der Waals surface area (Å²) in [6.07, 6.45) is 0.613. The van der Waals surface area contributed by atoms with Crippen molar-refractivity contribution in [2.45, 2.75) is 25.8 Å². The van der Waals surface area contributed by atoms with Crippen LogP contribution in [0.2, 0.25) is 0 Å². The van der Waals surface area contributed by atoms with Gasteiger partial charge in [0, 0.05) is 17.5 Å². The molecule has 0 aliphatic carbocycles. The molecular formula is C16H19N3O. The number of rotatable bonds is 5. The minimum Gasteiger partial charge on any atom is -0.491 e. The number of nitrogens with one attached hydrogen (secondary N) is 1. The lowest BCUT2D eigenvalue weighted by Crippen LogP contribution is -2.39. The number of ether oxygens (including phenoxy) is 1. The fourth-order valence-corrected chi connectivity index (χ4v) is 1.94. The fraction of sp³-hybridized carbons (Fsp3) is 0.375. The molecular weight excluding hydrogens is 250 g/mol. The first kappa shape index (κ1) is 14.3. The molecule has 2 rings (SSSR count). The maximum Gasteiger partial charge on any atom is 0.145 e. The molecule has 0 fully saturated rings. The Morgan fingerprint density at radius 2 is 2.15 bits per heavy atom. The predicted molar refractivity (Wildman–Crippen MR) is 79.7 cm³/mol. The minimum absolute atomic E-state index is 0.472. The van der Waals surface area contributed by atoms with Crippen molar-refractivity contribution in [1.82, 2.24) is 10.3 Å². The van der Waals surface area contributed by atoms with Crippen LogP contribution in [-0.4, -0.2) is 24.2 Å². The van der Waals surface area contributed by atoms with E-state index in [1.165, 1.54) is 0 Å². The Morgan fingerprint density at radius 1 is 1.35 bits per heavy atom. The summed E-state index contributed by atoms with van der Waals surface area (Å²) in [4.78, 5) is 4.53. The van der Waals surface area contributed by atoms with Crippen LogP contribution in [-0.2, 0) is 0 Å². The van der Waals surface area contributed by atoms with Gasteiger partial charge in [-0.25, -0.2) is 4.98 Å². The molecule has 1 unspecified atom stereocenters.